The second-order valence-corrected chi connectivity index (χ2v) is 5.70. The van der Waals surface area contributed by atoms with Crippen LogP contribution in [0.2, 0.25) is 5.02 Å². The number of nitrogens with one attached hydrogen (secondary N) is 1. The van der Waals surface area contributed by atoms with Gasteiger partial charge in [0.1, 0.15) is 0 Å². The molecule has 1 aromatic carbocycles. The fourth-order valence-corrected chi connectivity index (χ4v) is 2.52. The quantitative estimate of drug-likeness (QED) is 0.915. The van der Waals surface area contributed by atoms with E-state index in [-0.39, 0.29) is 0 Å². The van der Waals surface area contributed by atoms with Crippen molar-refractivity contribution in [3.63, 3.8) is 0 Å². The van der Waals surface area contributed by atoms with Crippen LogP contribution in [0.1, 0.15) is 6.92 Å². The average Bonchev–Trinajstić information content (AvgIpc) is 2.38. The summed E-state index contributed by atoms with van der Waals surface area (Å²) in [7, 11) is 3.80. The number of hydrogen-bond acceptors (Lipinski definition) is 6. The smallest absolute Gasteiger partial charge is 0.230 e. The van der Waals surface area contributed by atoms with Crippen LogP contribution in [0.4, 0.5) is 11.9 Å². The summed E-state index contributed by atoms with van der Waals surface area (Å²) in [6.45, 7) is 2.76. The van der Waals surface area contributed by atoms with Crippen LogP contribution >= 0.6 is 23.4 Å². The molecule has 0 saturated carbocycles. The fraction of sp³-hybridized carbons (Fsp3) is 0.308. The van der Waals surface area contributed by atoms with Crippen molar-refractivity contribution >= 4 is 35.3 Å². The maximum Gasteiger partial charge on any atom is 0.230 e. The number of anilines is 2. The molecule has 0 unspecified atom stereocenters. The van der Waals surface area contributed by atoms with Crippen molar-refractivity contribution in [1.29, 1.82) is 0 Å². The van der Waals surface area contributed by atoms with Gasteiger partial charge in [-0.25, -0.2) is 0 Å². The van der Waals surface area contributed by atoms with Crippen LogP contribution in [0.5, 0.6) is 0 Å². The molecule has 0 spiro atoms. The lowest BCUT2D eigenvalue weighted by Crippen LogP contribution is -2.15. The van der Waals surface area contributed by atoms with E-state index in [1.807, 2.05) is 50.2 Å². The molecule has 106 valence electrons. The lowest BCUT2D eigenvalue weighted by molar-refractivity contribution is 0.864. The molecule has 0 saturated heterocycles. The molecule has 0 radical (unpaired) electrons. The van der Waals surface area contributed by atoms with Crippen molar-refractivity contribution in [2.24, 2.45) is 0 Å². The lowest BCUT2D eigenvalue weighted by atomic mass is 10.4. The molecule has 5 nitrogen and oxygen atoms in total. The van der Waals surface area contributed by atoms with E-state index < -0.39 is 0 Å². The predicted octanol–water partition coefficient (Wildman–Crippen LogP) is 3.17. The monoisotopic (exact) mass is 309 g/mol. The summed E-state index contributed by atoms with van der Waals surface area (Å²) in [6, 6.07) is 7.61. The highest BCUT2D eigenvalue weighted by Crippen LogP contribution is 2.28. The van der Waals surface area contributed by atoms with E-state index in [0.717, 1.165) is 11.4 Å². The Labute approximate surface area is 127 Å². The minimum absolute atomic E-state index is 0.579. The Bertz CT molecular complexity index is 591. The van der Waals surface area contributed by atoms with Gasteiger partial charge in [0.2, 0.25) is 11.9 Å². The Balaban J connectivity index is 2.30. The largest absolute Gasteiger partial charge is 0.354 e. The molecule has 0 fully saturated rings. The second-order valence-electron chi connectivity index (χ2n) is 4.23. The van der Waals surface area contributed by atoms with Crippen molar-refractivity contribution < 1.29 is 0 Å². The molecule has 0 aliphatic heterocycles. The molecule has 2 rings (SSSR count). The van der Waals surface area contributed by atoms with Crippen LogP contribution in [-0.4, -0.2) is 35.6 Å². The van der Waals surface area contributed by atoms with Gasteiger partial charge in [0.05, 0.1) is 0 Å². The van der Waals surface area contributed by atoms with Gasteiger partial charge < -0.3 is 10.2 Å². The van der Waals surface area contributed by atoms with Crippen molar-refractivity contribution in [2.75, 3.05) is 30.9 Å². The molecule has 1 N–H and O–H groups in total. The van der Waals surface area contributed by atoms with Gasteiger partial charge in [-0.15, -0.1) is 0 Å². The molecule has 1 aromatic heterocycles. The van der Waals surface area contributed by atoms with Gasteiger partial charge in [-0.2, -0.15) is 15.0 Å². The Morgan fingerprint density at radius 2 is 2.05 bits per heavy atom. The highest BCUT2D eigenvalue weighted by molar-refractivity contribution is 7.99. The molecule has 0 atom stereocenters. The Morgan fingerprint density at radius 1 is 1.25 bits per heavy atom. The molecule has 0 bridgehead atoms. The van der Waals surface area contributed by atoms with E-state index in [1.165, 1.54) is 11.8 Å². The molecule has 0 aliphatic carbocycles. The SMILES string of the molecule is CCNc1nc(Sc2cccc(Cl)c2)nc(N(C)C)n1. The lowest BCUT2D eigenvalue weighted by Gasteiger charge is -2.12. The molecule has 0 aliphatic rings. The maximum atomic E-state index is 5.99. The van der Waals surface area contributed by atoms with Gasteiger partial charge >= 0.3 is 0 Å². The zero-order chi connectivity index (χ0) is 14.5. The van der Waals surface area contributed by atoms with Crippen LogP contribution in [0.15, 0.2) is 34.3 Å². The van der Waals surface area contributed by atoms with Gasteiger partial charge in [-0.05, 0) is 36.9 Å². The summed E-state index contributed by atoms with van der Waals surface area (Å²) in [5.41, 5.74) is 0. The maximum absolute atomic E-state index is 5.99. The molecular weight excluding hydrogens is 294 g/mol. The number of benzene rings is 1. The van der Waals surface area contributed by atoms with Gasteiger partial charge in [0.25, 0.3) is 0 Å². The standard InChI is InChI=1S/C13H16ClN5S/c1-4-15-11-16-12(19(2)3)18-13(17-11)20-10-7-5-6-9(14)8-10/h5-8H,4H2,1-3H3,(H,15,16,17,18). The Hall–Kier alpha value is -1.53. The molecule has 20 heavy (non-hydrogen) atoms. The topological polar surface area (TPSA) is 53.9 Å². The average molecular weight is 310 g/mol. The third kappa shape index (κ3) is 3.98. The summed E-state index contributed by atoms with van der Waals surface area (Å²) in [6.07, 6.45) is 0. The van der Waals surface area contributed by atoms with E-state index in [4.69, 9.17) is 11.6 Å². The van der Waals surface area contributed by atoms with Crippen LogP contribution in [-0.2, 0) is 0 Å². The van der Waals surface area contributed by atoms with E-state index in [2.05, 4.69) is 20.3 Å². The molecule has 2 aromatic rings. The number of rotatable bonds is 5. The van der Waals surface area contributed by atoms with Gasteiger partial charge in [0, 0.05) is 30.6 Å². The number of hydrogen-bond donors (Lipinski definition) is 1. The summed E-state index contributed by atoms with van der Waals surface area (Å²) in [4.78, 5) is 16.0. The Morgan fingerprint density at radius 3 is 2.70 bits per heavy atom. The second kappa shape index (κ2) is 6.76. The fourth-order valence-electron chi connectivity index (χ4n) is 1.46. The first-order valence-corrected chi connectivity index (χ1v) is 7.38. The molecule has 1 heterocycles. The first-order valence-electron chi connectivity index (χ1n) is 6.19. The van der Waals surface area contributed by atoms with Crippen molar-refractivity contribution in [3.8, 4) is 0 Å². The van der Waals surface area contributed by atoms with Crippen molar-refractivity contribution in [1.82, 2.24) is 15.0 Å². The number of nitrogens with zero attached hydrogens (tertiary/aromatic N) is 4. The van der Waals surface area contributed by atoms with Crippen LogP contribution in [0.3, 0.4) is 0 Å². The minimum atomic E-state index is 0.579. The van der Waals surface area contributed by atoms with Crippen molar-refractivity contribution in [3.05, 3.63) is 29.3 Å². The first-order chi connectivity index (χ1) is 9.58. The first kappa shape index (κ1) is 14.9. The normalized spacial score (nSPS) is 10.4. The minimum Gasteiger partial charge on any atom is -0.354 e. The number of aromatic nitrogens is 3. The van der Waals surface area contributed by atoms with E-state index >= 15 is 0 Å². The summed E-state index contributed by atoms with van der Waals surface area (Å²) in [5, 5.41) is 4.45. The van der Waals surface area contributed by atoms with E-state index in [0.29, 0.717) is 22.1 Å². The highest BCUT2D eigenvalue weighted by Gasteiger charge is 2.09. The third-order valence-electron chi connectivity index (χ3n) is 2.34. The summed E-state index contributed by atoms with van der Waals surface area (Å²) >= 11 is 7.45. The van der Waals surface area contributed by atoms with Gasteiger partial charge in [0.15, 0.2) is 5.16 Å². The van der Waals surface area contributed by atoms with Crippen LogP contribution in [0, 0.1) is 0 Å². The predicted molar refractivity (Wildman–Crippen MR) is 83.9 cm³/mol. The van der Waals surface area contributed by atoms with Gasteiger partial charge in [-0.3, -0.25) is 0 Å². The number of halogens is 1. The summed E-state index contributed by atoms with van der Waals surface area (Å²) in [5.74, 6) is 1.20. The van der Waals surface area contributed by atoms with Gasteiger partial charge in [-0.1, -0.05) is 17.7 Å². The Kier molecular flexibility index (Phi) is 5.03. The molecular formula is C13H16ClN5S. The van der Waals surface area contributed by atoms with E-state index in [1.54, 1.807) is 0 Å². The third-order valence-corrected chi connectivity index (χ3v) is 3.43. The highest BCUT2D eigenvalue weighted by atomic mass is 35.5. The molecule has 0 amide bonds. The zero-order valence-corrected chi connectivity index (χ0v) is 13.2. The van der Waals surface area contributed by atoms with Crippen LogP contribution in [0.25, 0.3) is 0 Å². The summed E-state index contributed by atoms with van der Waals surface area (Å²) < 4.78 is 0. The zero-order valence-electron chi connectivity index (χ0n) is 11.6. The van der Waals surface area contributed by atoms with Crippen LogP contribution < -0.4 is 10.2 Å². The van der Waals surface area contributed by atoms with Crippen molar-refractivity contribution in [2.45, 2.75) is 17.0 Å². The van der Waals surface area contributed by atoms with E-state index in [9.17, 15) is 0 Å². The molecule has 7 heteroatoms.